The molecule has 1 amide bonds. The summed E-state index contributed by atoms with van der Waals surface area (Å²) in [5.41, 5.74) is 3.94. The second-order valence-corrected chi connectivity index (χ2v) is 5.81. The number of H-pyrrole nitrogens is 1. The van der Waals surface area contributed by atoms with Gasteiger partial charge in [-0.15, -0.1) is 0 Å². The van der Waals surface area contributed by atoms with Crippen LogP contribution in [-0.4, -0.2) is 13.0 Å². The second-order valence-electron chi connectivity index (χ2n) is 5.81. The van der Waals surface area contributed by atoms with E-state index in [1.165, 1.54) is 0 Å². The number of aromatic amines is 1. The summed E-state index contributed by atoms with van der Waals surface area (Å²) in [7, 11) is 1.64. The van der Waals surface area contributed by atoms with Gasteiger partial charge in [-0.1, -0.05) is 18.2 Å². The van der Waals surface area contributed by atoms with E-state index in [4.69, 9.17) is 4.74 Å². The van der Waals surface area contributed by atoms with Crippen molar-refractivity contribution < 1.29 is 14.5 Å². The summed E-state index contributed by atoms with van der Waals surface area (Å²) >= 11 is 0. The van der Waals surface area contributed by atoms with Crippen molar-refractivity contribution in [2.75, 3.05) is 12.4 Å². The highest BCUT2D eigenvalue weighted by molar-refractivity contribution is 5.98. The maximum Gasteiger partial charge on any atom is 0.234 e. The summed E-state index contributed by atoms with van der Waals surface area (Å²) in [6, 6.07) is 17.8. The number of rotatable bonds is 5. The van der Waals surface area contributed by atoms with Crippen LogP contribution in [-0.2, 0) is 11.2 Å². The number of pyridine rings is 1. The zero-order valence-electron chi connectivity index (χ0n) is 13.9. The first kappa shape index (κ1) is 16.0. The van der Waals surface area contributed by atoms with Crippen LogP contribution < -0.4 is 15.0 Å². The third kappa shape index (κ3) is 3.71. The minimum Gasteiger partial charge on any atom is -0.497 e. The lowest BCUT2D eigenvalue weighted by molar-refractivity contribution is -0.354. The Morgan fingerprint density at radius 2 is 1.88 bits per heavy atom. The summed E-state index contributed by atoms with van der Waals surface area (Å²) in [5.74, 6) is 0.832. The number of anilines is 1. The Hall–Kier alpha value is -2.88. The summed E-state index contributed by atoms with van der Waals surface area (Å²) in [4.78, 5) is 15.6. The van der Waals surface area contributed by atoms with Crippen LogP contribution in [0.5, 0.6) is 5.75 Å². The Bertz CT molecular complexity index is 857. The first-order chi connectivity index (χ1) is 11.7. The van der Waals surface area contributed by atoms with Gasteiger partial charge >= 0.3 is 0 Å². The number of ether oxygens (including phenoxy) is 1. The van der Waals surface area contributed by atoms with Crippen LogP contribution in [0.4, 0.5) is 5.69 Å². The predicted molar refractivity (Wildman–Crippen MR) is 95.2 cm³/mol. The maximum absolute atomic E-state index is 12.3. The fourth-order valence-corrected chi connectivity index (χ4v) is 2.67. The van der Waals surface area contributed by atoms with Gasteiger partial charge in [0.2, 0.25) is 11.4 Å². The minimum absolute atomic E-state index is 0.00761. The van der Waals surface area contributed by atoms with E-state index in [2.05, 4.69) is 10.3 Å². The van der Waals surface area contributed by atoms with E-state index in [1.807, 2.05) is 61.5 Å². The monoisotopic (exact) mass is 321 g/mol. The van der Waals surface area contributed by atoms with Crippen LogP contribution >= 0.6 is 0 Å². The standard InChI is InChI=1S/C20H20N2O2/c1-14-6-10-16-4-3-5-18(20(16)21-14)22-19(23)13-9-15-7-11-17(24-2)12-8-15/h3-8,10-12H,9,13H2,1-2H3,(H,22,23)/p+1. The molecular weight excluding hydrogens is 300 g/mol. The zero-order valence-corrected chi connectivity index (χ0v) is 13.9. The van der Waals surface area contributed by atoms with Crippen LogP contribution in [0.3, 0.4) is 0 Å². The highest BCUT2D eigenvalue weighted by Crippen LogP contribution is 2.20. The van der Waals surface area contributed by atoms with Gasteiger partial charge < -0.3 is 10.1 Å². The Kier molecular flexibility index (Phi) is 4.75. The number of fused-ring (bicyclic) bond motifs is 1. The van der Waals surface area contributed by atoms with E-state index < -0.39 is 0 Å². The lowest BCUT2D eigenvalue weighted by Gasteiger charge is -2.06. The zero-order chi connectivity index (χ0) is 16.9. The van der Waals surface area contributed by atoms with Gasteiger partial charge in [0.05, 0.1) is 7.11 Å². The molecule has 0 aliphatic heterocycles. The van der Waals surface area contributed by atoms with Crippen molar-refractivity contribution in [2.45, 2.75) is 19.8 Å². The van der Waals surface area contributed by atoms with Gasteiger partial charge in [0, 0.05) is 24.8 Å². The topological polar surface area (TPSA) is 52.5 Å². The first-order valence-corrected chi connectivity index (χ1v) is 8.00. The van der Waals surface area contributed by atoms with Gasteiger partial charge in [0.1, 0.15) is 11.4 Å². The molecule has 1 heterocycles. The van der Waals surface area contributed by atoms with E-state index >= 15 is 0 Å². The van der Waals surface area contributed by atoms with E-state index in [9.17, 15) is 4.79 Å². The van der Waals surface area contributed by atoms with E-state index in [0.717, 1.165) is 33.6 Å². The number of benzene rings is 2. The second kappa shape index (κ2) is 7.13. The molecule has 0 saturated carbocycles. The molecule has 122 valence electrons. The SMILES string of the molecule is COc1ccc(CCC(=O)Nc2cccc3ccc(C)[nH+]c23)cc1. The quantitative estimate of drug-likeness (QED) is 0.781. The average Bonchev–Trinajstić information content (AvgIpc) is 2.61. The molecule has 4 heteroatoms. The number of aryl methyl sites for hydroxylation is 2. The molecule has 0 bridgehead atoms. The fraction of sp³-hybridized carbons (Fsp3) is 0.200. The van der Waals surface area contributed by atoms with Crippen molar-refractivity contribution in [2.24, 2.45) is 0 Å². The summed E-state index contributed by atoms with van der Waals surface area (Å²) in [5, 5.41) is 4.09. The number of hydrogen-bond donors (Lipinski definition) is 1. The molecule has 24 heavy (non-hydrogen) atoms. The molecule has 1 aromatic heterocycles. The van der Waals surface area contributed by atoms with Crippen LogP contribution in [0.2, 0.25) is 0 Å². The van der Waals surface area contributed by atoms with E-state index in [1.54, 1.807) is 7.11 Å². The van der Waals surface area contributed by atoms with Crippen molar-refractivity contribution in [1.82, 2.24) is 0 Å². The van der Waals surface area contributed by atoms with Crippen molar-refractivity contribution in [3.8, 4) is 5.75 Å². The Morgan fingerprint density at radius 1 is 1.08 bits per heavy atom. The molecule has 0 spiro atoms. The molecule has 0 radical (unpaired) electrons. The van der Waals surface area contributed by atoms with Gasteiger partial charge in [-0.3, -0.25) is 4.79 Å². The molecule has 0 atom stereocenters. The van der Waals surface area contributed by atoms with Crippen molar-refractivity contribution >= 4 is 22.5 Å². The number of amides is 1. The first-order valence-electron chi connectivity index (χ1n) is 8.00. The minimum atomic E-state index is 0.00761. The summed E-state index contributed by atoms with van der Waals surface area (Å²) in [6.07, 6.45) is 1.14. The van der Waals surface area contributed by atoms with E-state index in [-0.39, 0.29) is 5.91 Å². The molecule has 0 unspecified atom stereocenters. The van der Waals surface area contributed by atoms with Gasteiger partial charge in [-0.05, 0) is 42.3 Å². The average molecular weight is 321 g/mol. The Balaban J connectivity index is 1.67. The number of nitrogens with one attached hydrogen (secondary N) is 2. The fourth-order valence-electron chi connectivity index (χ4n) is 2.67. The number of aromatic nitrogens is 1. The number of para-hydroxylation sites is 1. The molecule has 2 aromatic carbocycles. The summed E-state index contributed by atoms with van der Waals surface area (Å²) < 4.78 is 5.14. The summed E-state index contributed by atoms with van der Waals surface area (Å²) in [6.45, 7) is 2.00. The molecule has 0 fully saturated rings. The Morgan fingerprint density at radius 3 is 2.62 bits per heavy atom. The van der Waals surface area contributed by atoms with Gasteiger partial charge in [-0.2, -0.15) is 0 Å². The lowest BCUT2D eigenvalue weighted by Crippen LogP contribution is -2.16. The number of hydrogen-bond acceptors (Lipinski definition) is 2. The smallest absolute Gasteiger partial charge is 0.234 e. The van der Waals surface area contributed by atoms with Crippen LogP contribution in [0.1, 0.15) is 17.7 Å². The highest BCUT2D eigenvalue weighted by Gasteiger charge is 2.11. The number of methoxy groups -OCH3 is 1. The molecule has 0 aliphatic carbocycles. The van der Waals surface area contributed by atoms with Crippen LogP contribution in [0, 0.1) is 6.92 Å². The van der Waals surface area contributed by atoms with Crippen LogP contribution in [0.25, 0.3) is 10.9 Å². The number of carbonyl (C=O) groups excluding carboxylic acids is 1. The molecule has 2 N–H and O–H groups in total. The molecule has 3 aromatic rings. The molecule has 0 saturated heterocycles. The highest BCUT2D eigenvalue weighted by atomic mass is 16.5. The van der Waals surface area contributed by atoms with Gasteiger partial charge in [0.25, 0.3) is 0 Å². The Labute approximate surface area is 141 Å². The number of carbonyl (C=O) groups is 1. The predicted octanol–water partition coefficient (Wildman–Crippen LogP) is 3.54. The third-order valence-electron chi connectivity index (χ3n) is 4.01. The van der Waals surface area contributed by atoms with Crippen molar-refractivity contribution in [1.29, 1.82) is 0 Å². The molecule has 3 rings (SSSR count). The van der Waals surface area contributed by atoms with Gasteiger partial charge in [-0.25, -0.2) is 4.98 Å². The lowest BCUT2D eigenvalue weighted by atomic mass is 10.1. The van der Waals surface area contributed by atoms with Gasteiger partial charge in [0.15, 0.2) is 5.69 Å². The van der Waals surface area contributed by atoms with Crippen molar-refractivity contribution in [3.63, 3.8) is 0 Å². The van der Waals surface area contributed by atoms with Crippen LogP contribution in [0.15, 0.2) is 54.6 Å². The maximum atomic E-state index is 12.3. The molecular formula is C20H21N2O2+. The van der Waals surface area contributed by atoms with E-state index in [0.29, 0.717) is 12.8 Å². The third-order valence-corrected chi connectivity index (χ3v) is 4.01. The normalized spacial score (nSPS) is 10.6. The largest absolute Gasteiger partial charge is 0.497 e. The van der Waals surface area contributed by atoms with Crippen molar-refractivity contribution in [3.05, 3.63) is 65.9 Å². The molecule has 4 nitrogen and oxygen atoms in total. The molecule has 0 aliphatic rings.